The molecule has 0 spiro atoms. The third kappa shape index (κ3) is 2.69. The molecule has 2 aromatic carbocycles. The molecule has 0 bridgehead atoms. The monoisotopic (exact) mass is 338 g/mol. The van der Waals surface area contributed by atoms with Gasteiger partial charge in [-0.05, 0) is 28.3 Å². The molecular weight excluding hydrogens is 323 g/mol. The van der Waals surface area contributed by atoms with E-state index in [1.807, 2.05) is 18.2 Å². The van der Waals surface area contributed by atoms with Gasteiger partial charge in [0.1, 0.15) is 0 Å². The van der Waals surface area contributed by atoms with Crippen molar-refractivity contribution in [3.8, 4) is 0 Å². The Morgan fingerprint density at radius 1 is 1.24 bits per heavy atom. The van der Waals surface area contributed by atoms with Crippen LogP contribution in [-0.2, 0) is 13.0 Å². The molecule has 2 aromatic rings. The SMILES string of the molecule is C=CC(I)Cc1ccc2ccccc2c1CO. The lowest BCUT2D eigenvalue weighted by Gasteiger charge is -2.12. The third-order valence-electron chi connectivity index (χ3n) is 2.97. The summed E-state index contributed by atoms with van der Waals surface area (Å²) in [4.78, 5) is 0. The molecule has 0 amide bonds. The van der Waals surface area contributed by atoms with Gasteiger partial charge < -0.3 is 5.11 Å². The van der Waals surface area contributed by atoms with E-state index in [4.69, 9.17) is 0 Å². The molecule has 0 saturated heterocycles. The molecule has 0 aliphatic heterocycles. The smallest absolute Gasteiger partial charge is 0.0690 e. The molecule has 0 fully saturated rings. The molecule has 1 N–H and O–H groups in total. The number of fused-ring (bicyclic) bond motifs is 1. The van der Waals surface area contributed by atoms with E-state index in [0.717, 1.165) is 17.4 Å². The van der Waals surface area contributed by atoms with E-state index in [2.05, 4.69) is 53.4 Å². The van der Waals surface area contributed by atoms with Gasteiger partial charge in [-0.25, -0.2) is 0 Å². The lowest BCUT2D eigenvalue weighted by molar-refractivity contribution is 0.282. The van der Waals surface area contributed by atoms with Gasteiger partial charge in [0, 0.05) is 3.92 Å². The van der Waals surface area contributed by atoms with Crippen molar-refractivity contribution < 1.29 is 5.11 Å². The first-order chi connectivity index (χ1) is 8.26. The summed E-state index contributed by atoms with van der Waals surface area (Å²) in [7, 11) is 0. The highest BCUT2D eigenvalue weighted by atomic mass is 127. The zero-order valence-corrected chi connectivity index (χ0v) is 11.7. The highest BCUT2D eigenvalue weighted by Gasteiger charge is 2.09. The summed E-state index contributed by atoms with van der Waals surface area (Å²) in [6, 6.07) is 12.4. The van der Waals surface area contributed by atoms with Crippen molar-refractivity contribution in [2.75, 3.05) is 0 Å². The van der Waals surface area contributed by atoms with Gasteiger partial charge >= 0.3 is 0 Å². The van der Waals surface area contributed by atoms with E-state index in [1.54, 1.807) is 0 Å². The fraction of sp³-hybridized carbons (Fsp3) is 0.200. The van der Waals surface area contributed by atoms with Crippen LogP contribution in [0, 0.1) is 0 Å². The van der Waals surface area contributed by atoms with Crippen LogP contribution >= 0.6 is 22.6 Å². The van der Waals surface area contributed by atoms with E-state index >= 15 is 0 Å². The highest BCUT2D eigenvalue weighted by Crippen LogP contribution is 2.25. The van der Waals surface area contributed by atoms with Crippen molar-refractivity contribution in [3.63, 3.8) is 0 Å². The predicted molar refractivity (Wildman–Crippen MR) is 81.6 cm³/mol. The molecule has 17 heavy (non-hydrogen) atoms. The first-order valence-corrected chi connectivity index (χ1v) is 6.88. The van der Waals surface area contributed by atoms with Crippen molar-refractivity contribution in [2.24, 2.45) is 0 Å². The third-order valence-corrected chi connectivity index (χ3v) is 3.92. The Bertz CT molecular complexity index is 533. The summed E-state index contributed by atoms with van der Waals surface area (Å²) in [5.74, 6) is 0. The van der Waals surface area contributed by atoms with Gasteiger partial charge in [0.05, 0.1) is 6.61 Å². The van der Waals surface area contributed by atoms with Crippen molar-refractivity contribution in [1.29, 1.82) is 0 Å². The first-order valence-electron chi connectivity index (χ1n) is 5.63. The Hall–Kier alpha value is -0.870. The van der Waals surface area contributed by atoms with Gasteiger partial charge in [0.15, 0.2) is 0 Å². The molecule has 1 atom stereocenters. The van der Waals surface area contributed by atoms with E-state index < -0.39 is 0 Å². The predicted octanol–water partition coefficient (Wildman–Crippen LogP) is 3.86. The first kappa shape index (κ1) is 12.6. The van der Waals surface area contributed by atoms with Crippen LogP contribution in [0.4, 0.5) is 0 Å². The van der Waals surface area contributed by atoms with E-state index in [1.165, 1.54) is 10.9 Å². The van der Waals surface area contributed by atoms with Gasteiger partial charge in [-0.15, -0.1) is 6.58 Å². The van der Waals surface area contributed by atoms with Crippen molar-refractivity contribution >= 4 is 33.4 Å². The number of halogens is 1. The average Bonchev–Trinajstić information content (AvgIpc) is 2.38. The standard InChI is InChI=1S/C15H15IO/c1-2-13(16)9-12-8-7-11-5-3-4-6-14(11)15(12)10-17/h2-8,13,17H,1,9-10H2. The van der Waals surface area contributed by atoms with Crippen LogP contribution in [0.25, 0.3) is 10.8 Å². The molecule has 0 aromatic heterocycles. The summed E-state index contributed by atoms with van der Waals surface area (Å²) >= 11 is 2.37. The largest absolute Gasteiger partial charge is 0.392 e. The van der Waals surface area contributed by atoms with Crippen LogP contribution in [-0.4, -0.2) is 9.03 Å². The maximum Gasteiger partial charge on any atom is 0.0690 e. The second kappa shape index (κ2) is 5.65. The minimum Gasteiger partial charge on any atom is -0.392 e. The lowest BCUT2D eigenvalue weighted by atomic mass is 9.96. The minimum atomic E-state index is 0.0944. The Morgan fingerprint density at radius 2 is 2.00 bits per heavy atom. The number of hydrogen-bond acceptors (Lipinski definition) is 1. The number of aliphatic hydroxyl groups excluding tert-OH is 1. The van der Waals surface area contributed by atoms with E-state index in [0.29, 0.717) is 3.92 Å². The van der Waals surface area contributed by atoms with Crippen LogP contribution in [0.3, 0.4) is 0 Å². The number of hydrogen-bond donors (Lipinski definition) is 1. The van der Waals surface area contributed by atoms with Gasteiger partial charge in [0.25, 0.3) is 0 Å². The van der Waals surface area contributed by atoms with Gasteiger partial charge in [-0.1, -0.05) is 65.1 Å². The van der Waals surface area contributed by atoms with Gasteiger partial charge in [0.2, 0.25) is 0 Å². The Kier molecular flexibility index (Phi) is 4.18. The normalized spacial score (nSPS) is 12.6. The summed E-state index contributed by atoms with van der Waals surface area (Å²) in [5, 5.41) is 11.9. The van der Waals surface area contributed by atoms with Crippen molar-refractivity contribution in [1.82, 2.24) is 0 Å². The number of allylic oxidation sites excluding steroid dienone is 1. The summed E-state index contributed by atoms with van der Waals surface area (Å²) in [5.41, 5.74) is 2.26. The van der Waals surface area contributed by atoms with Crippen molar-refractivity contribution in [3.05, 3.63) is 60.2 Å². The molecule has 88 valence electrons. The molecule has 0 aliphatic carbocycles. The maximum absolute atomic E-state index is 9.57. The fourth-order valence-corrected chi connectivity index (χ4v) is 2.53. The number of alkyl halides is 1. The number of benzene rings is 2. The van der Waals surface area contributed by atoms with Crippen LogP contribution in [0.1, 0.15) is 11.1 Å². The Morgan fingerprint density at radius 3 is 2.71 bits per heavy atom. The van der Waals surface area contributed by atoms with E-state index in [-0.39, 0.29) is 6.61 Å². The van der Waals surface area contributed by atoms with Crippen LogP contribution in [0.5, 0.6) is 0 Å². The van der Waals surface area contributed by atoms with Crippen molar-refractivity contribution in [2.45, 2.75) is 17.0 Å². The maximum atomic E-state index is 9.57. The second-order valence-electron chi connectivity index (χ2n) is 4.04. The average molecular weight is 338 g/mol. The molecule has 0 saturated carbocycles. The molecular formula is C15H15IO. The van der Waals surface area contributed by atoms with Crippen LogP contribution < -0.4 is 0 Å². The zero-order chi connectivity index (χ0) is 12.3. The summed E-state index contributed by atoms with van der Waals surface area (Å²) in [6.07, 6.45) is 2.86. The van der Waals surface area contributed by atoms with Crippen LogP contribution in [0.2, 0.25) is 0 Å². The number of rotatable bonds is 4. The fourth-order valence-electron chi connectivity index (χ4n) is 2.05. The molecule has 2 rings (SSSR count). The molecule has 2 heteroatoms. The molecule has 0 radical (unpaired) electrons. The molecule has 1 nitrogen and oxygen atoms in total. The second-order valence-corrected chi connectivity index (χ2v) is 5.64. The van der Waals surface area contributed by atoms with E-state index in [9.17, 15) is 5.11 Å². The molecule has 0 heterocycles. The Labute approximate surface area is 115 Å². The Balaban J connectivity index is 2.52. The summed E-state index contributed by atoms with van der Waals surface area (Å²) < 4.78 is 0.402. The highest BCUT2D eigenvalue weighted by molar-refractivity contribution is 14.1. The molecule has 0 aliphatic rings. The topological polar surface area (TPSA) is 20.2 Å². The lowest BCUT2D eigenvalue weighted by Crippen LogP contribution is -2.02. The number of aliphatic hydroxyl groups is 1. The minimum absolute atomic E-state index is 0.0944. The quantitative estimate of drug-likeness (QED) is 0.510. The zero-order valence-electron chi connectivity index (χ0n) is 9.57. The van der Waals surface area contributed by atoms with Gasteiger partial charge in [-0.3, -0.25) is 0 Å². The van der Waals surface area contributed by atoms with Gasteiger partial charge in [-0.2, -0.15) is 0 Å². The summed E-state index contributed by atoms with van der Waals surface area (Å²) in [6.45, 7) is 3.90. The van der Waals surface area contributed by atoms with Crippen LogP contribution in [0.15, 0.2) is 49.1 Å². The molecule has 1 unspecified atom stereocenters.